The van der Waals surface area contributed by atoms with E-state index >= 15 is 0 Å². The number of aromatic nitrogens is 4. The van der Waals surface area contributed by atoms with Crippen LogP contribution in [0.15, 0.2) is 24.5 Å². The van der Waals surface area contributed by atoms with Gasteiger partial charge in [-0.15, -0.1) is 0 Å². The highest BCUT2D eigenvalue weighted by Gasteiger charge is 2.26. The van der Waals surface area contributed by atoms with Crippen molar-refractivity contribution >= 4 is 11.0 Å². The van der Waals surface area contributed by atoms with Crippen molar-refractivity contribution in [2.24, 2.45) is 0 Å². The zero-order valence-electron chi connectivity index (χ0n) is 13.4. The molecule has 0 saturated carbocycles. The Balaban J connectivity index is 1.83. The molecule has 3 heterocycles. The highest BCUT2D eigenvalue weighted by Crippen LogP contribution is 2.33. The summed E-state index contributed by atoms with van der Waals surface area (Å²) in [6.45, 7) is 3.84. The summed E-state index contributed by atoms with van der Waals surface area (Å²) in [4.78, 5) is 12.6. The minimum atomic E-state index is -1.15. The fourth-order valence-electron chi connectivity index (χ4n) is 3.04. The number of fused-ring (bicyclic) bond motifs is 3. The lowest BCUT2D eigenvalue weighted by molar-refractivity contribution is 0.0687. The van der Waals surface area contributed by atoms with Gasteiger partial charge in [0.2, 0.25) is 0 Å². The van der Waals surface area contributed by atoms with Gasteiger partial charge < -0.3 is 14.8 Å². The highest BCUT2D eigenvalue weighted by atomic mass is 19.1. The standard InChI is InChI=1S/C17H17FN4O2/c1-17(2,24)16-19-7-9(8-20-16)10-5-13-12(6-11(10)18)21-15-14(23)3-4-22(13)15/h5-8,14,23-24H,3-4H2,1-2H3/t14-/m0/s1. The molecule has 0 fully saturated rings. The lowest BCUT2D eigenvalue weighted by atomic mass is 10.1. The van der Waals surface area contributed by atoms with Crippen molar-refractivity contribution in [2.75, 3.05) is 0 Å². The fourth-order valence-corrected chi connectivity index (χ4v) is 3.04. The van der Waals surface area contributed by atoms with Crippen LogP contribution in [0.25, 0.3) is 22.2 Å². The van der Waals surface area contributed by atoms with Crippen molar-refractivity contribution in [3.63, 3.8) is 0 Å². The molecule has 2 N–H and O–H groups in total. The predicted molar refractivity (Wildman–Crippen MR) is 85.5 cm³/mol. The Bertz CT molecular complexity index is 928. The Morgan fingerprint density at radius 3 is 2.62 bits per heavy atom. The molecule has 2 aromatic heterocycles. The van der Waals surface area contributed by atoms with Gasteiger partial charge in [0.1, 0.15) is 23.3 Å². The number of hydrogen-bond donors (Lipinski definition) is 2. The second-order valence-electron chi connectivity index (χ2n) is 6.60. The molecule has 24 heavy (non-hydrogen) atoms. The van der Waals surface area contributed by atoms with Gasteiger partial charge >= 0.3 is 0 Å². The van der Waals surface area contributed by atoms with E-state index < -0.39 is 17.5 Å². The quantitative estimate of drug-likeness (QED) is 0.754. The van der Waals surface area contributed by atoms with Crippen LogP contribution in [-0.2, 0) is 12.1 Å². The van der Waals surface area contributed by atoms with Crippen LogP contribution < -0.4 is 0 Å². The molecule has 1 aliphatic heterocycles. The molecule has 1 aromatic carbocycles. The Kier molecular flexibility index (Phi) is 3.20. The topological polar surface area (TPSA) is 84.1 Å². The number of benzene rings is 1. The zero-order valence-corrected chi connectivity index (χ0v) is 13.4. The first-order valence-corrected chi connectivity index (χ1v) is 7.77. The maximum absolute atomic E-state index is 14.5. The predicted octanol–water partition coefficient (Wildman–Crippen LogP) is 2.30. The van der Waals surface area contributed by atoms with E-state index in [2.05, 4.69) is 15.0 Å². The molecule has 0 amide bonds. The summed E-state index contributed by atoms with van der Waals surface area (Å²) in [5.41, 5.74) is 1.05. The Morgan fingerprint density at radius 1 is 1.25 bits per heavy atom. The highest BCUT2D eigenvalue weighted by molar-refractivity contribution is 5.83. The number of imidazole rings is 1. The van der Waals surface area contributed by atoms with Gasteiger partial charge in [-0.1, -0.05) is 0 Å². The number of aryl methyl sites for hydroxylation is 1. The third kappa shape index (κ3) is 2.28. The molecule has 4 rings (SSSR count). The third-order valence-corrected chi connectivity index (χ3v) is 4.30. The Morgan fingerprint density at radius 2 is 1.96 bits per heavy atom. The third-order valence-electron chi connectivity index (χ3n) is 4.30. The van der Waals surface area contributed by atoms with E-state index in [0.717, 1.165) is 5.52 Å². The van der Waals surface area contributed by atoms with E-state index in [1.165, 1.54) is 18.5 Å². The minimum Gasteiger partial charge on any atom is -0.385 e. The molecule has 0 spiro atoms. The van der Waals surface area contributed by atoms with Crippen molar-refractivity contribution in [2.45, 2.75) is 38.5 Å². The molecule has 6 nitrogen and oxygen atoms in total. The van der Waals surface area contributed by atoms with Crippen LogP contribution in [0.2, 0.25) is 0 Å². The molecule has 0 bridgehead atoms. The van der Waals surface area contributed by atoms with Gasteiger partial charge in [-0.2, -0.15) is 0 Å². The van der Waals surface area contributed by atoms with Crippen LogP contribution in [0.5, 0.6) is 0 Å². The first-order valence-electron chi connectivity index (χ1n) is 7.77. The van der Waals surface area contributed by atoms with Crippen molar-refractivity contribution in [3.8, 4) is 11.1 Å². The molecular weight excluding hydrogens is 311 g/mol. The average Bonchev–Trinajstić information content (AvgIpc) is 3.05. The van der Waals surface area contributed by atoms with E-state index in [1.807, 2.05) is 4.57 Å². The summed E-state index contributed by atoms with van der Waals surface area (Å²) in [5.74, 6) is 0.435. The normalized spacial score (nSPS) is 17.5. The van der Waals surface area contributed by atoms with Crippen molar-refractivity contribution in [1.29, 1.82) is 0 Å². The zero-order chi connectivity index (χ0) is 17.1. The summed E-state index contributed by atoms with van der Waals surface area (Å²) in [5, 5.41) is 19.8. The molecular formula is C17H17FN4O2. The summed E-state index contributed by atoms with van der Waals surface area (Å²) >= 11 is 0. The van der Waals surface area contributed by atoms with Gasteiger partial charge in [0.05, 0.1) is 11.0 Å². The van der Waals surface area contributed by atoms with Gasteiger partial charge in [0, 0.05) is 36.1 Å². The second-order valence-corrected chi connectivity index (χ2v) is 6.60. The van der Waals surface area contributed by atoms with E-state index in [1.54, 1.807) is 19.9 Å². The maximum Gasteiger partial charge on any atom is 0.159 e. The number of aliphatic hydroxyl groups excluding tert-OH is 1. The molecule has 7 heteroatoms. The lowest BCUT2D eigenvalue weighted by Gasteiger charge is -2.15. The van der Waals surface area contributed by atoms with Crippen molar-refractivity contribution in [3.05, 3.63) is 42.0 Å². The molecule has 0 saturated heterocycles. The van der Waals surface area contributed by atoms with Crippen LogP contribution in [0, 0.1) is 5.82 Å². The van der Waals surface area contributed by atoms with Crippen LogP contribution in [-0.4, -0.2) is 29.7 Å². The molecule has 1 aliphatic rings. The minimum absolute atomic E-state index is 0.279. The summed E-state index contributed by atoms with van der Waals surface area (Å²) in [6.07, 6.45) is 3.02. The SMILES string of the molecule is CC(C)(O)c1ncc(-c2cc3c(cc2F)nc2n3CC[C@@H]2O)cn1. The van der Waals surface area contributed by atoms with Gasteiger partial charge in [-0.05, 0) is 26.3 Å². The van der Waals surface area contributed by atoms with Crippen molar-refractivity contribution < 1.29 is 14.6 Å². The molecule has 0 aliphatic carbocycles. The average molecular weight is 328 g/mol. The summed E-state index contributed by atoms with van der Waals surface area (Å²) in [6, 6.07) is 3.08. The monoisotopic (exact) mass is 328 g/mol. The van der Waals surface area contributed by atoms with Crippen LogP contribution in [0.1, 0.15) is 38.0 Å². The largest absolute Gasteiger partial charge is 0.385 e. The Hall–Kier alpha value is -2.38. The summed E-state index contributed by atoms with van der Waals surface area (Å²) < 4.78 is 16.4. The maximum atomic E-state index is 14.5. The first kappa shape index (κ1) is 15.2. The fraction of sp³-hybridized carbons (Fsp3) is 0.353. The number of hydrogen-bond acceptors (Lipinski definition) is 5. The second kappa shape index (κ2) is 5.06. The van der Waals surface area contributed by atoms with Crippen LogP contribution >= 0.6 is 0 Å². The van der Waals surface area contributed by atoms with Gasteiger partial charge in [-0.25, -0.2) is 19.3 Å². The van der Waals surface area contributed by atoms with Crippen LogP contribution in [0.4, 0.5) is 4.39 Å². The molecule has 124 valence electrons. The van der Waals surface area contributed by atoms with E-state index in [9.17, 15) is 14.6 Å². The molecule has 0 unspecified atom stereocenters. The van der Waals surface area contributed by atoms with E-state index in [0.29, 0.717) is 35.4 Å². The number of rotatable bonds is 2. The number of nitrogens with zero attached hydrogens (tertiary/aromatic N) is 4. The first-order chi connectivity index (χ1) is 11.3. The number of halogens is 1. The van der Waals surface area contributed by atoms with Crippen molar-refractivity contribution in [1.82, 2.24) is 19.5 Å². The van der Waals surface area contributed by atoms with Gasteiger partial charge in [-0.3, -0.25) is 0 Å². The van der Waals surface area contributed by atoms with E-state index in [-0.39, 0.29) is 5.82 Å². The van der Waals surface area contributed by atoms with Gasteiger partial charge in [0.15, 0.2) is 5.82 Å². The molecule has 3 aromatic rings. The Labute approximate surface area is 137 Å². The molecule has 0 radical (unpaired) electrons. The smallest absolute Gasteiger partial charge is 0.159 e. The summed E-state index contributed by atoms with van der Waals surface area (Å²) in [7, 11) is 0. The van der Waals surface area contributed by atoms with E-state index in [4.69, 9.17) is 0 Å². The van der Waals surface area contributed by atoms with Crippen LogP contribution in [0.3, 0.4) is 0 Å². The number of aliphatic hydroxyl groups is 2. The lowest BCUT2D eigenvalue weighted by Crippen LogP contribution is -2.19. The van der Waals surface area contributed by atoms with Gasteiger partial charge in [0.25, 0.3) is 0 Å². The molecule has 1 atom stereocenters.